The number of nitrogens with one attached hydrogen (secondary N) is 1. The maximum absolute atomic E-state index is 12.0. The first-order valence-electron chi connectivity index (χ1n) is 5.13. The highest BCUT2D eigenvalue weighted by molar-refractivity contribution is 7.51. The fourth-order valence-electron chi connectivity index (χ4n) is 1.43. The van der Waals surface area contributed by atoms with Gasteiger partial charge in [0.15, 0.2) is 0 Å². The molecule has 0 radical (unpaired) electrons. The van der Waals surface area contributed by atoms with Crippen LogP contribution in [0.3, 0.4) is 0 Å². The lowest BCUT2D eigenvalue weighted by atomic mass is 10.2. The molecule has 15 heavy (non-hydrogen) atoms. The minimum Gasteiger partial charge on any atom is -0.389 e. The van der Waals surface area contributed by atoms with Crippen LogP contribution < -0.4 is 5.09 Å². The Labute approximate surface area is 90.1 Å². The fraction of sp³-hybridized carbons (Fsp3) is 0.778. The van der Waals surface area contributed by atoms with Gasteiger partial charge in [0.2, 0.25) is 0 Å². The van der Waals surface area contributed by atoms with Crippen molar-refractivity contribution in [3.63, 3.8) is 0 Å². The average Bonchev–Trinajstić information content (AvgIpc) is 2.51. The zero-order valence-electron chi connectivity index (χ0n) is 9.05. The van der Waals surface area contributed by atoms with Gasteiger partial charge in [-0.2, -0.15) is 0 Å². The highest BCUT2D eigenvalue weighted by atomic mass is 31.2. The smallest absolute Gasteiger partial charge is 0.389 e. The summed E-state index contributed by atoms with van der Waals surface area (Å²) in [7, 11) is -3.21. The third-order valence-electron chi connectivity index (χ3n) is 1.98. The van der Waals surface area contributed by atoms with Gasteiger partial charge in [0.1, 0.15) is 0 Å². The molecule has 6 heteroatoms. The Morgan fingerprint density at radius 3 is 2.40 bits per heavy atom. The lowest BCUT2D eigenvalue weighted by Gasteiger charge is -2.21. The number of aliphatic hydroxyl groups excluding tert-OH is 1. The van der Waals surface area contributed by atoms with Gasteiger partial charge in [0.25, 0.3) is 0 Å². The van der Waals surface area contributed by atoms with Crippen LogP contribution in [0.4, 0.5) is 0 Å². The van der Waals surface area contributed by atoms with E-state index in [9.17, 15) is 9.67 Å². The van der Waals surface area contributed by atoms with E-state index in [2.05, 4.69) is 5.09 Å². The molecule has 1 aliphatic rings. The second-order valence-electron chi connectivity index (χ2n) is 3.26. The molecular formula is C9H18NO4P. The summed E-state index contributed by atoms with van der Waals surface area (Å²) in [5, 5.41) is 12.0. The molecule has 0 unspecified atom stereocenters. The van der Waals surface area contributed by atoms with E-state index in [1.165, 1.54) is 0 Å². The van der Waals surface area contributed by atoms with Gasteiger partial charge in [-0.25, -0.2) is 9.65 Å². The van der Waals surface area contributed by atoms with Gasteiger partial charge in [0.05, 0.1) is 19.3 Å². The van der Waals surface area contributed by atoms with E-state index in [0.29, 0.717) is 19.6 Å². The molecule has 2 atom stereocenters. The number of rotatable bonds is 6. The van der Waals surface area contributed by atoms with Crippen molar-refractivity contribution in [1.29, 1.82) is 0 Å². The predicted octanol–water partition coefficient (Wildman–Crippen LogP) is 1.45. The molecule has 5 nitrogen and oxygen atoms in total. The maximum Gasteiger partial charge on any atom is 0.405 e. The van der Waals surface area contributed by atoms with Crippen LogP contribution >= 0.6 is 7.75 Å². The van der Waals surface area contributed by atoms with Crippen molar-refractivity contribution in [3.05, 3.63) is 12.2 Å². The molecule has 0 saturated heterocycles. The first kappa shape index (κ1) is 12.9. The van der Waals surface area contributed by atoms with Crippen LogP contribution in [0.5, 0.6) is 0 Å². The van der Waals surface area contributed by atoms with Crippen molar-refractivity contribution in [2.24, 2.45) is 0 Å². The van der Waals surface area contributed by atoms with Crippen LogP contribution in [0.15, 0.2) is 12.2 Å². The summed E-state index contributed by atoms with van der Waals surface area (Å²) in [5.74, 6) is 0. The molecule has 0 aromatic rings. The van der Waals surface area contributed by atoms with Crippen molar-refractivity contribution in [2.75, 3.05) is 13.2 Å². The van der Waals surface area contributed by atoms with Gasteiger partial charge in [-0.15, -0.1) is 0 Å². The minimum absolute atomic E-state index is 0.149. The Kier molecular flexibility index (Phi) is 4.96. The van der Waals surface area contributed by atoms with Crippen LogP contribution in [0.25, 0.3) is 0 Å². The Balaban J connectivity index is 2.51. The number of hydrogen-bond donors (Lipinski definition) is 2. The van der Waals surface area contributed by atoms with Gasteiger partial charge in [-0.3, -0.25) is 9.05 Å². The third-order valence-corrected chi connectivity index (χ3v) is 3.83. The molecule has 1 aliphatic carbocycles. The van der Waals surface area contributed by atoms with Crippen LogP contribution in [0, 0.1) is 0 Å². The second kappa shape index (κ2) is 5.77. The monoisotopic (exact) mass is 235 g/mol. The minimum atomic E-state index is -3.21. The van der Waals surface area contributed by atoms with Crippen LogP contribution in [-0.4, -0.2) is 30.5 Å². The van der Waals surface area contributed by atoms with E-state index in [0.717, 1.165) is 0 Å². The van der Waals surface area contributed by atoms with Crippen molar-refractivity contribution in [3.8, 4) is 0 Å². The van der Waals surface area contributed by atoms with Crippen molar-refractivity contribution >= 4 is 7.75 Å². The number of aliphatic hydroxyl groups is 1. The topological polar surface area (TPSA) is 67.8 Å². The second-order valence-corrected chi connectivity index (χ2v) is 5.03. The lowest BCUT2D eigenvalue weighted by Crippen LogP contribution is -2.26. The SMILES string of the molecule is CCOP(=O)(N[C@@H]1C=C[C@H](O)C1)OCC. The normalized spacial score (nSPS) is 26.1. The van der Waals surface area contributed by atoms with Crippen molar-refractivity contribution in [1.82, 2.24) is 5.09 Å². The molecule has 0 aliphatic heterocycles. The summed E-state index contributed by atoms with van der Waals surface area (Å²) < 4.78 is 22.2. The molecule has 1 rings (SSSR count). The molecule has 88 valence electrons. The lowest BCUT2D eigenvalue weighted by molar-refractivity contribution is 0.197. The molecule has 0 bridgehead atoms. The van der Waals surface area contributed by atoms with E-state index in [4.69, 9.17) is 9.05 Å². The summed E-state index contributed by atoms with van der Waals surface area (Å²) in [6.07, 6.45) is 3.47. The Bertz CT molecular complexity index is 259. The van der Waals surface area contributed by atoms with E-state index in [-0.39, 0.29) is 6.04 Å². The molecule has 0 spiro atoms. The summed E-state index contributed by atoms with van der Waals surface area (Å²) in [5.41, 5.74) is 0. The maximum atomic E-state index is 12.0. The quantitative estimate of drug-likeness (QED) is 0.538. The summed E-state index contributed by atoms with van der Waals surface area (Å²) in [6.45, 7) is 4.16. The summed E-state index contributed by atoms with van der Waals surface area (Å²) in [6, 6.07) is -0.149. The highest BCUT2D eigenvalue weighted by Crippen LogP contribution is 2.44. The van der Waals surface area contributed by atoms with E-state index in [1.807, 2.05) is 0 Å². The summed E-state index contributed by atoms with van der Waals surface area (Å²) >= 11 is 0. The fourth-order valence-corrected chi connectivity index (χ4v) is 2.93. The molecule has 0 aromatic carbocycles. The molecule has 0 heterocycles. The Morgan fingerprint density at radius 1 is 1.40 bits per heavy atom. The standard InChI is InChI=1S/C9H18NO4P/c1-3-13-15(12,14-4-2)10-8-5-6-9(11)7-8/h5-6,8-9,11H,3-4,7H2,1-2H3,(H,10,12)/t8-,9+/m1/s1. The van der Waals surface area contributed by atoms with Crippen LogP contribution in [0.1, 0.15) is 20.3 Å². The Morgan fingerprint density at radius 2 is 2.00 bits per heavy atom. The Hall–Kier alpha value is -0.190. The van der Waals surface area contributed by atoms with Gasteiger partial charge >= 0.3 is 7.75 Å². The average molecular weight is 235 g/mol. The zero-order valence-corrected chi connectivity index (χ0v) is 9.94. The number of hydrogen-bond acceptors (Lipinski definition) is 4. The molecule has 2 N–H and O–H groups in total. The van der Waals surface area contributed by atoms with E-state index in [1.54, 1.807) is 26.0 Å². The van der Waals surface area contributed by atoms with Gasteiger partial charge < -0.3 is 5.11 Å². The van der Waals surface area contributed by atoms with E-state index < -0.39 is 13.9 Å². The largest absolute Gasteiger partial charge is 0.405 e. The highest BCUT2D eigenvalue weighted by Gasteiger charge is 2.29. The molecule has 0 fully saturated rings. The van der Waals surface area contributed by atoms with Crippen molar-refractivity contribution in [2.45, 2.75) is 32.4 Å². The molecule has 0 amide bonds. The summed E-state index contributed by atoms with van der Waals surface area (Å²) in [4.78, 5) is 0. The van der Waals surface area contributed by atoms with Crippen LogP contribution in [0.2, 0.25) is 0 Å². The molecular weight excluding hydrogens is 217 g/mol. The van der Waals surface area contributed by atoms with Gasteiger partial charge in [-0.05, 0) is 20.3 Å². The first-order chi connectivity index (χ1) is 7.09. The van der Waals surface area contributed by atoms with Gasteiger partial charge in [0, 0.05) is 6.04 Å². The first-order valence-corrected chi connectivity index (χ1v) is 6.67. The third kappa shape index (κ3) is 4.05. The van der Waals surface area contributed by atoms with Crippen molar-refractivity contribution < 1.29 is 18.7 Å². The van der Waals surface area contributed by atoms with E-state index >= 15 is 0 Å². The molecule has 0 saturated carbocycles. The van der Waals surface area contributed by atoms with Crippen LogP contribution in [-0.2, 0) is 13.6 Å². The van der Waals surface area contributed by atoms with Gasteiger partial charge in [-0.1, -0.05) is 12.2 Å². The molecule has 0 aromatic heterocycles. The zero-order chi connectivity index (χ0) is 11.3. The predicted molar refractivity (Wildman–Crippen MR) is 57.5 cm³/mol.